The number of furan rings is 1. The van der Waals surface area contributed by atoms with Crippen LogP contribution in [0.2, 0.25) is 0 Å². The van der Waals surface area contributed by atoms with E-state index in [2.05, 4.69) is 9.80 Å². The van der Waals surface area contributed by atoms with Gasteiger partial charge in [0.2, 0.25) is 11.8 Å². The van der Waals surface area contributed by atoms with Crippen LogP contribution in [0.3, 0.4) is 0 Å². The number of ether oxygens (including phenoxy) is 1. The summed E-state index contributed by atoms with van der Waals surface area (Å²) >= 11 is 0. The zero-order valence-electron chi connectivity index (χ0n) is 16.9. The van der Waals surface area contributed by atoms with Crippen molar-refractivity contribution in [1.82, 2.24) is 14.9 Å². The molecular formula is C23H25FN4O2. The van der Waals surface area contributed by atoms with Crippen molar-refractivity contribution in [3.8, 4) is 11.6 Å². The molecule has 0 saturated carbocycles. The number of halogens is 1. The molecule has 1 aromatic carbocycles. The molecule has 0 spiro atoms. The Hall–Kier alpha value is -2.93. The summed E-state index contributed by atoms with van der Waals surface area (Å²) in [6.45, 7) is 4.20. The number of hydrogen-bond acceptors (Lipinski definition) is 6. The highest BCUT2D eigenvalue weighted by Crippen LogP contribution is 2.32. The molecule has 0 bridgehead atoms. The van der Waals surface area contributed by atoms with Gasteiger partial charge in [-0.3, -0.25) is 4.90 Å². The van der Waals surface area contributed by atoms with Crippen molar-refractivity contribution in [3.05, 3.63) is 65.5 Å². The maximum Gasteiger partial charge on any atom is 0.228 e. The van der Waals surface area contributed by atoms with Gasteiger partial charge in [-0.25, -0.2) is 9.37 Å². The largest absolute Gasteiger partial charge is 0.468 e. The highest BCUT2D eigenvalue weighted by molar-refractivity contribution is 5.43. The molecule has 30 heavy (non-hydrogen) atoms. The van der Waals surface area contributed by atoms with Crippen LogP contribution in [0.4, 0.5) is 10.3 Å². The summed E-state index contributed by atoms with van der Waals surface area (Å²) in [5.41, 5.74) is 1.99. The molecule has 0 atom stereocenters. The van der Waals surface area contributed by atoms with Crippen molar-refractivity contribution in [3.63, 3.8) is 0 Å². The molecule has 2 aliphatic rings. The molecule has 7 heteroatoms. The number of rotatable bonds is 5. The Morgan fingerprint density at radius 3 is 2.73 bits per heavy atom. The van der Waals surface area contributed by atoms with Crippen LogP contribution in [0.5, 0.6) is 11.6 Å². The number of hydrogen-bond donors (Lipinski definition) is 0. The van der Waals surface area contributed by atoms with Crippen molar-refractivity contribution in [2.24, 2.45) is 0 Å². The van der Waals surface area contributed by atoms with Gasteiger partial charge < -0.3 is 14.1 Å². The molecule has 0 amide bonds. The Morgan fingerprint density at radius 1 is 1.03 bits per heavy atom. The first-order chi connectivity index (χ1) is 14.7. The number of benzene rings is 1. The molecular weight excluding hydrogens is 383 g/mol. The van der Waals surface area contributed by atoms with E-state index in [1.165, 1.54) is 18.6 Å². The SMILES string of the molecule is Fc1cccc(Oc2nc(N3CCCCC3)nc3c2CN(Cc2ccco2)CC3)c1. The van der Waals surface area contributed by atoms with Crippen LogP contribution in [-0.2, 0) is 19.5 Å². The number of nitrogens with zero attached hydrogens (tertiary/aromatic N) is 4. The van der Waals surface area contributed by atoms with Crippen LogP contribution in [0.25, 0.3) is 0 Å². The first-order valence-electron chi connectivity index (χ1n) is 10.6. The molecule has 156 valence electrons. The number of anilines is 1. The number of aromatic nitrogens is 2. The zero-order chi connectivity index (χ0) is 20.3. The molecule has 0 aliphatic carbocycles. The lowest BCUT2D eigenvalue weighted by Crippen LogP contribution is -2.34. The van der Waals surface area contributed by atoms with Gasteiger partial charge in [0.15, 0.2) is 0 Å². The third-order valence-corrected chi connectivity index (χ3v) is 5.70. The Balaban J connectivity index is 1.47. The van der Waals surface area contributed by atoms with E-state index in [4.69, 9.17) is 19.1 Å². The van der Waals surface area contributed by atoms with Crippen LogP contribution in [0.15, 0.2) is 47.1 Å². The topological polar surface area (TPSA) is 54.6 Å². The lowest BCUT2D eigenvalue weighted by Gasteiger charge is -2.31. The van der Waals surface area contributed by atoms with Crippen molar-refractivity contribution >= 4 is 5.95 Å². The predicted octanol–water partition coefficient (Wildman–Crippen LogP) is 4.55. The third-order valence-electron chi connectivity index (χ3n) is 5.70. The van der Waals surface area contributed by atoms with Gasteiger partial charge in [0, 0.05) is 38.7 Å². The van der Waals surface area contributed by atoms with Crippen LogP contribution < -0.4 is 9.64 Å². The monoisotopic (exact) mass is 408 g/mol. The minimum atomic E-state index is -0.328. The second kappa shape index (κ2) is 8.44. The van der Waals surface area contributed by atoms with Gasteiger partial charge in [0.05, 0.1) is 24.1 Å². The van der Waals surface area contributed by atoms with E-state index in [9.17, 15) is 4.39 Å². The molecule has 5 rings (SSSR count). The predicted molar refractivity (Wildman–Crippen MR) is 111 cm³/mol. The molecule has 2 aliphatic heterocycles. The molecule has 6 nitrogen and oxygen atoms in total. The quantitative estimate of drug-likeness (QED) is 0.617. The molecule has 4 heterocycles. The van der Waals surface area contributed by atoms with E-state index in [-0.39, 0.29) is 5.82 Å². The maximum atomic E-state index is 13.7. The van der Waals surface area contributed by atoms with E-state index in [0.717, 1.165) is 68.4 Å². The van der Waals surface area contributed by atoms with Crippen LogP contribution >= 0.6 is 0 Å². The van der Waals surface area contributed by atoms with Crippen LogP contribution in [-0.4, -0.2) is 34.5 Å². The van der Waals surface area contributed by atoms with E-state index in [1.54, 1.807) is 18.4 Å². The zero-order valence-corrected chi connectivity index (χ0v) is 16.9. The summed E-state index contributed by atoms with van der Waals surface area (Å²) in [7, 11) is 0. The van der Waals surface area contributed by atoms with Gasteiger partial charge in [0.25, 0.3) is 0 Å². The maximum absolute atomic E-state index is 13.7. The van der Waals surface area contributed by atoms with Gasteiger partial charge in [-0.1, -0.05) is 6.07 Å². The van der Waals surface area contributed by atoms with Gasteiger partial charge in [0.1, 0.15) is 17.3 Å². The van der Waals surface area contributed by atoms with Crippen molar-refractivity contribution < 1.29 is 13.5 Å². The summed E-state index contributed by atoms with van der Waals surface area (Å²) < 4.78 is 25.3. The Morgan fingerprint density at radius 2 is 1.93 bits per heavy atom. The molecule has 0 N–H and O–H groups in total. The van der Waals surface area contributed by atoms with Crippen molar-refractivity contribution in [2.45, 2.75) is 38.8 Å². The normalized spacial score (nSPS) is 17.0. The second-order valence-corrected chi connectivity index (χ2v) is 7.90. The average Bonchev–Trinajstić information content (AvgIpc) is 3.28. The lowest BCUT2D eigenvalue weighted by atomic mass is 10.1. The van der Waals surface area contributed by atoms with Crippen molar-refractivity contribution in [1.29, 1.82) is 0 Å². The minimum Gasteiger partial charge on any atom is -0.468 e. The third kappa shape index (κ3) is 4.16. The lowest BCUT2D eigenvalue weighted by molar-refractivity contribution is 0.219. The smallest absolute Gasteiger partial charge is 0.228 e. The average molecular weight is 408 g/mol. The standard InChI is InChI=1S/C23H25FN4O2/c24-17-6-4-7-18(14-17)30-22-20-16-27(15-19-8-5-13-29-19)12-9-21(20)25-23(26-22)28-10-2-1-3-11-28/h4-8,13-14H,1-3,9-12,15-16H2. The fraction of sp³-hybridized carbons (Fsp3) is 0.391. The number of piperidine rings is 1. The molecule has 0 unspecified atom stereocenters. The summed E-state index contributed by atoms with van der Waals surface area (Å²) in [4.78, 5) is 14.2. The van der Waals surface area contributed by atoms with Gasteiger partial charge in [-0.2, -0.15) is 4.98 Å². The summed E-state index contributed by atoms with van der Waals surface area (Å²) in [5, 5.41) is 0. The Bertz CT molecular complexity index is 1000. The summed E-state index contributed by atoms with van der Waals surface area (Å²) in [5.74, 6) is 2.29. The molecule has 3 aromatic rings. The first kappa shape index (κ1) is 19.1. The molecule has 2 aromatic heterocycles. The fourth-order valence-corrected chi connectivity index (χ4v) is 4.15. The van der Waals surface area contributed by atoms with E-state index >= 15 is 0 Å². The van der Waals surface area contributed by atoms with E-state index in [0.29, 0.717) is 18.2 Å². The van der Waals surface area contributed by atoms with Crippen LogP contribution in [0, 0.1) is 5.82 Å². The van der Waals surface area contributed by atoms with E-state index in [1.807, 2.05) is 12.1 Å². The minimum absolute atomic E-state index is 0.328. The second-order valence-electron chi connectivity index (χ2n) is 7.90. The molecule has 0 radical (unpaired) electrons. The van der Waals surface area contributed by atoms with Crippen molar-refractivity contribution in [2.75, 3.05) is 24.5 Å². The first-order valence-corrected chi connectivity index (χ1v) is 10.6. The Kier molecular flexibility index (Phi) is 5.36. The fourth-order valence-electron chi connectivity index (χ4n) is 4.15. The highest BCUT2D eigenvalue weighted by atomic mass is 19.1. The number of fused-ring (bicyclic) bond motifs is 1. The summed E-state index contributed by atoms with van der Waals surface area (Å²) in [6.07, 6.45) is 6.06. The molecule has 1 fully saturated rings. The Labute approximate surface area is 175 Å². The van der Waals surface area contributed by atoms with Gasteiger partial charge in [-0.05, 0) is 43.5 Å². The van der Waals surface area contributed by atoms with Crippen LogP contribution in [0.1, 0.15) is 36.3 Å². The highest BCUT2D eigenvalue weighted by Gasteiger charge is 2.26. The van der Waals surface area contributed by atoms with Gasteiger partial charge >= 0.3 is 0 Å². The summed E-state index contributed by atoms with van der Waals surface area (Å²) in [6, 6.07) is 10.1. The van der Waals surface area contributed by atoms with Gasteiger partial charge in [-0.15, -0.1) is 0 Å². The van der Waals surface area contributed by atoms with E-state index < -0.39 is 0 Å². The molecule has 1 saturated heterocycles.